The first-order valence-corrected chi connectivity index (χ1v) is 5.34. The Bertz CT molecular complexity index is 381. The van der Waals surface area contributed by atoms with Gasteiger partial charge in [-0.2, -0.15) is 0 Å². The summed E-state index contributed by atoms with van der Waals surface area (Å²) in [6.45, 7) is 0. The van der Waals surface area contributed by atoms with Crippen molar-refractivity contribution in [3.63, 3.8) is 0 Å². The Morgan fingerprint density at radius 1 is 1.57 bits per heavy atom. The van der Waals surface area contributed by atoms with Crippen molar-refractivity contribution in [2.75, 3.05) is 5.75 Å². The van der Waals surface area contributed by atoms with E-state index in [9.17, 15) is 10.1 Å². The zero-order valence-corrected chi connectivity index (χ0v) is 8.29. The molecule has 1 aliphatic heterocycles. The summed E-state index contributed by atoms with van der Waals surface area (Å²) in [5, 5.41) is 10.8. The van der Waals surface area contributed by atoms with Gasteiger partial charge >= 0.3 is 0 Å². The maximum absolute atomic E-state index is 10.8. The highest BCUT2D eigenvalue weighted by atomic mass is 32.2. The number of nitro benzene ring substituents is 1. The van der Waals surface area contributed by atoms with E-state index < -0.39 is 0 Å². The average Bonchev–Trinajstić information content (AvgIpc) is 2.17. The lowest BCUT2D eigenvalue weighted by Gasteiger charge is -2.20. The number of nitrogens with two attached hydrogens (primary N) is 1. The summed E-state index contributed by atoms with van der Waals surface area (Å²) in [4.78, 5) is 11.4. The molecule has 0 spiro atoms. The van der Waals surface area contributed by atoms with Crippen molar-refractivity contribution in [3.8, 4) is 0 Å². The number of nitrogens with zero attached hydrogens (tertiary/aromatic N) is 1. The maximum Gasteiger partial charge on any atom is 0.275 e. The van der Waals surface area contributed by atoms with Crippen LogP contribution in [-0.4, -0.2) is 10.7 Å². The largest absolute Gasteiger partial charge is 0.324 e. The van der Waals surface area contributed by atoms with Crippen LogP contribution >= 0.6 is 11.8 Å². The Hall–Kier alpha value is -1.07. The molecule has 74 valence electrons. The van der Waals surface area contributed by atoms with Crippen molar-refractivity contribution >= 4 is 17.4 Å². The molecule has 1 aromatic carbocycles. The molecule has 0 saturated heterocycles. The Labute approximate surface area is 85.6 Å². The lowest BCUT2D eigenvalue weighted by atomic mass is 10.0. The molecular weight excluding hydrogens is 200 g/mol. The van der Waals surface area contributed by atoms with Gasteiger partial charge in [0.2, 0.25) is 0 Å². The molecule has 4 nitrogen and oxygen atoms in total. The predicted molar refractivity (Wildman–Crippen MR) is 55.4 cm³/mol. The minimum Gasteiger partial charge on any atom is -0.324 e. The second kappa shape index (κ2) is 3.59. The highest BCUT2D eigenvalue weighted by Crippen LogP contribution is 2.39. The van der Waals surface area contributed by atoms with Crippen molar-refractivity contribution in [2.24, 2.45) is 5.73 Å². The van der Waals surface area contributed by atoms with Crippen LogP contribution in [0.5, 0.6) is 0 Å². The maximum atomic E-state index is 10.8. The van der Waals surface area contributed by atoms with E-state index in [-0.39, 0.29) is 16.7 Å². The number of hydrogen-bond acceptors (Lipinski definition) is 4. The zero-order valence-electron chi connectivity index (χ0n) is 7.47. The van der Waals surface area contributed by atoms with E-state index in [1.54, 1.807) is 17.8 Å². The molecule has 0 saturated carbocycles. The van der Waals surface area contributed by atoms with Gasteiger partial charge in [0.15, 0.2) is 0 Å². The van der Waals surface area contributed by atoms with Crippen molar-refractivity contribution < 1.29 is 4.92 Å². The lowest BCUT2D eigenvalue weighted by molar-refractivity contribution is -0.386. The van der Waals surface area contributed by atoms with E-state index in [1.165, 1.54) is 6.07 Å². The van der Waals surface area contributed by atoms with Crippen molar-refractivity contribution in [1.29, 1.82) is 0 Å². The molecule has 0 radical (unpaired) electrons. The smallest absolute Gasteiger partial charge is 0.275 e. The number of nitro groups is 1. The van der Waals surface area contributed by atoms with Gasteiger partial charge in [-0.1, -0.05) is 6.07 Å². The van der Waals surface area contributed by atoms with Crippen LogP contribution in [0.15, 0.2) is 23.1 Å². The Kier molecular flexibility index (Phi) is 2.43. The molecule has 1 aromatic rings. The highest BCUT2D eigenvalue weighted by molar-refractivity contribution is 7.99. The van der Waals surface area contributed by atoms with Gasteiger partial charge in [-0.3, -0.25) is 10.1 Å². The molecule has 1 aliphatic rings. The standard InChI is InChI=1S/C9H10N2O2S/c10-6-4-5-14-8-3-1-2-7(9(6)8)11(12)13/h1-3,6H,4-5,10H2/t6-/m0/s1. The quantitative estimate of drug-likeness (QED) is 0.569. The van der Waals surface area contributed by atoms with E-state index in [4.69, 9.17) is 5.73 Å². The minimum atomic E-state index is -0.357. The van der Waals surface area contributed by atoms with E-state index in [1.807, 2.05) is 6.07 Å². The lowest BCUT2D eigenvalue weighted by Crippen LogP contribution is -2.17. The van der Waals surface area contributed by atoms with Gasteiger partial charge in [-0.25, -0.2) is 0 Å². The van der Waals surface area contributed by atoms with Crippen LogP contribution in [0.4, 0.5) is 5.69 Å². The van der Waals surface area contributed by atoms with Crippen LogP contribution in [0.25, 0.3) is 0 Å². The fourth-order valence-corrected chi connectivity index (χ4v) is 2.81. The summed E-state index contributed by atoms with van der Waals surface area (Å²) in [6.07, 6.45) is 0.808. The van der Waals surface area contributed by atoms with Gasteiger partial charge < -0.3 is 5.73 Å². The summed E-state index contributed by atoms with van der Waals surface area (Å²) in [5.41, 5.74) is 6.72. The van der Waals surface area contributed by atoms with Crippen LogP contribution < -0.4 is 5.73 Å². The SMILES string of the molecule is N[C@H]1CCSc2cccc([N+](=O)[O-])c21. The summed E-state index contributed by atoms with van der Waals surface area (Å²) < 4.78 is 0. The van der Waals surface area contributed by atoms with E-state index >= 15 is 0 Å². The first-order chi connectivity index (χ1) is 6.70. The molecule has 0 unspecified atom stereocenters. The molecule has 1 atom stereocenters. The third-order valence-corrected chi connectivity index (χ3v) is 3.40. The van der Waals surface area contributed by atoms with Gasteiger partial charge in [0.1, 0.15) is 0 Å². The molecule has 0 fully saturated rings. The van der Waals surface area contributed by atoms with Gasteiger partial charge in [-0.15, -0.1) is 11.8 Å². The molecule has 0 bridgehead atoms. The van der Waals surface area contributed by atoms with Crippen molar-refractivity contribution in [3.05, 3.63) is 33.9 Å². The van der Waals surface area contributed by atoms with Gasteiger partial charge in [0.25, 0.3) is 5.69 Å². The van der Waals surface area contributed by atoms with E-state index in [0.717, 1.165) is 17.1 Å². The Balaban J connectivity index is 2.57. The molecular formula is C9H10N2O2S. The number of rotatable bonds is 1. The van der Waals surface area contributed by atoms with Crippen molar-refractivity contribution in [2.45, 2.75) is 17.4 Å². The van der Waals surface area contributed by atoms with Crippen molar-refractivity contribution in [1.82, 2.24) is 0 Å². The van der Waals surface area contributed by atoms with Crippen LogP contribution in [0, 0.1) is 10.1 Å². The molecule has 0 amide bonds. The van der Waals surface area contributed by atoms with Crippen LogP contribution in [-0.2, 0) is 0 Å². The van der Waals surface area contributed by atoms with Crippen LogP contribution in [0.1, 0.15) is 18.0 Å². The monoisotopic (exact) mass is 210 g/mol. The first-order valence-electron chi connectivity index (χ1n) is 4.36. The van der Waals surface area contributed by atoms with Gasteiger partial charge in [0, 0.05) is 17.0 Å². The first kappa shape index (κ1) is 9.48. The number of hydrogen-bond donors (Lipinski definition) is 1. The van der Waals surface area contributed by atoms with Crippen LogP contribution in [0.3, 0.4) is 0 Å². The highest BCUT2D eigenvalue weighted by Gasteiger charge is 2.25. The van der Waals surface area contributed by atoms with E-state index in [2.05, 4.69) is 0 Å². The Morgan fingerprint density at radius 3 is 3.07 bits per heavy atom. The summed E-state index contributed by atoms with van der Waals surface area (Å²) in [7, 11) is 0. The Morgan fingerprint density at radius 2 is 2.36 bits per heavy atom. The van der Waals surface area contributed by atoms with Gasteiger partial charge in [-0.05, 0) is 18.2 Å². The number of fused-ring (bicyclic) bond motifs is 1. The summed E-state index contributed by atoms with van der Waals surface area (Å²) in [5.74, 6) is 0.940. The zero-order chi connectivity index (χ0) is 10.1. The predicted octanol–water partition coefficient (Wildman–Crippen LogP) is 2.09. The molecule has 0 aliphatic carbocycles. The topological polar surface area (TPSA) is 69.2 Å². The average molecular weight is 210 g/mol. The van der Waals surface area contributed by atoms with Gasteiger partial charge in [0.05, 0.1) is 10.5 Å². The molecule has 1 heterocycles. The van der Waals surface area contributed by atoms with E-state index in [0.29, 0.717) is 5.56 Å². The minimum absolute atomic E-state index is 0.155. The summed E-state index contributed by atoms with van der Waals surface area (Å²) >= 11 is 1.64. The molecule has 5 heteroatoms. The number of benzene rings is 1. The third-order valence-electron chi connectivity index (χ3n) is 2.30. The molecule has 14 heavy (non-hydrogen) atoms. The fraction of sp³-hybridized carbons (Fsp3) is 0.333. The van der Waals surface area contributed by atoms with Crippen LogP contribution in [0.2, 0.25) is 0 Å². The fourth-order valence-electron chi connectivity index (χ4n) is 1.63. The second-order valence-electron chi connectivity index (χ2n) is 3.19. The third kappa shape index (κ3) is 1.49. The summed E-state index contributed by atoms with van der Waals surface area (Å²) in [6, 6.07) is 4.94. The normalized spacial score (nSPS) is 20.2. The number of thioether (sulfide) groups is 1. The molecule has 0 aromatic heterocycles. The molecule has 2 rings (SSSR count). The second-order valence-corrected chi connectivity index (χ2v) is 4.33. The molecule has 2 N–H and O–H groups in total.